The summed E-state index contributed by atoms with van der Waals surface area (Å²) in [6.07, 6.45) is 0. The Morgan fingerprint density at radius 3 is 2.77 bits per heavy atom. The third-order valence-corrected chi connectivity index (χ3v) is 2.74. The lowest BCUT2D eigenvalue weighted by atomic mass is 10.3. The molecule has 22 heavy (non-hydrogen) atoms. The Kier molecular flexibility index (Phi) is 4.99. The molecule has 2 rings (SSSR count). The van der Waals surface area contributed by atoms with Gasteiger partial charge in [0.05, 0.1) is 12.7 Å². The number of hydrogen-bond donors (Lipinski definition) is 2. The second-order valence-corrected chi connectivity index (χ2v) is 4.39. The van der Waals surface area contributed by atoms with Crippen LogP contribution in [0.5, 0.6) is 17.6 Å². The third kappa shape index (κ3) is 3.37. The molecule has 0 fully saturated rings. The number of aromatic hydroxyl groups is 2. The standard InChI is InChI=1S/C12H13ClN4O5/c1-2-21-7-5-9(18)17(4-3-13)12(20)11(7)15-14-8-6-10(19)22-16-8/h5-6,19-20H,2-4H2,1H3. The van der Waals surface area contributed by atoms with Crippen molar-refractivity contribution in [3.8, 4) is 17.6 Å². The Morgan fingerprint density at radius 1 is 1.41 bits per heavy atom. The first-order valence-corrected chi connectivity index (χ1v) is 6.83. The first-order valence-electron chi connectivity index (χ1n) is 6.29. The summed E-state index contributed by atoms with van der Waals surface area (Å²) in [6, 6.07) is 2.32. The minimum absolute atomic E-state index is 0.00515. The van der Waals surface area contributed by atoms with E-state index in [1.54, 1.807) is 6.92 Å². The highest BCUT2D eigenvalue weighted by atomic mass is 35.5. The molecule has 0 bridgehead atoms. The van der Waals surface area contributed by atoms with Gasteiger partial charge < -0.3 is 19.5 Å². The van der Waals surface area contributed by atoms with Crippen LogP contribution >= 0.6 is 11.6 Å². The van der Waals surface area contributed by atoms with Crippen molar-refractivity contribution >= 4 is 23.1 Å². The normalized spacial score (nSPS) is 11.2. The molecule has 0 aromatic carbocycles. The van der Waals surface area contributed by atoms with E-state index in [2.05, 4.69) is 19.9 Å². The van der Waals surface area contributed by atoms with Crippen molar-refractivity contribution in [3.63, 3.8) is 0 Å². The summed E-state index contributed by atoms with van der Waals surface area (Å²) in [5.74, 6) is -0.639. The molecule has 2 N–H and O–H groups in total. The van der Waals surface area contributed by atoms with Crippen LogP contribution in [0.2, 0.25) is 0 Å². The Morgan fingerprint density at radius 2 is 2.18 bits per heavy atom. The van der Waals surface area contributed by atoms with Crippen LogP contribution in [0.1, 0.15) is 6.92 Å². The zero-order valence-electron chi connectivity index (χ0n) is 11.6. The molecule has 0 aliphatic heterocycles. The second kappa shape index (κ2) is 6.94. The molecule has 2 heterocycles. The van der Waals surface area contributed by atoms with E-state index in [0.717, 1.165) is 10.6 Å². The Balaban J connectivity index is 2.48. The minimum Gasteiger partial charge on any atom is -0.493 e. The number of rotatable bonds is 6. The zero-order chi connectivity index (χ0) is 16.1. The number of azo groups is 1. The van der Waals surface area contributed by atoms with Gasteiger partial charge in [0.15, 0.2) is 11.4 Å². The summed E-state index contributed by atoms with van der Waals surface area (Å²) in [5.41, 5.74) is -0.520. The zero-order valence-corrected chi connectivity index (χ0v) is 12.3. The average molecular weight is 329 g/mol. The maximum Gasteiger partial charge on any atom is 0.311 e. The molecule has 0 aliphatic carbocycles. The van der Waals surface area contributed by atoms with Gasteiger partial charge in [0.25, 0.3) is 5.56 Å². The fourth-order valence-corrected chi connectivity index (χ4v) is 1.84. The van der Waals surface area contributed by atoms with Crippen molar-refractivity contribution in [2.24, 2.45) is 10.2 Å². The molecule has 9 nitrogen and oxygen atoms in total. The third-order valence-electron chi connectivity index (χ3n) is 2.57. The van der Waals surface area contributed by atoms with Crippen molar-refractivity contribution in [1.29, 1.82) is 0 Å². The maximum absolute atomic E-state index is 11.9. The highest BCUT2D eigenvalue weighted by molar-refractivity contribution is 6.17. The average Bonchev–Trinajstić information content (AvgIpc) is 2.89. The molecule has 2 aromatic rings. The van der Waals surface area contributed by atoms with Gasteiger partial charge in [-0.15, -0.1) is 21.8 Å². The summed E-state index contributed by atoms with van der Waals surface area (Å²) < 4.78 is 10.7. The van der Waals surface area contributed by atoms with Crippen LogP contribution in [0.15, 0.2) is 31.7 Å². The smallest absolute Gasteiger partial charge is 0.311 e. The number of nitrogens with zero attached hydrogens (tertiary/aromatic N) is 4. The van der Waals surface area contributed by atoms with Gasteiger partial charge in [-0.1, -0.05) is 5.16 Å². The van der Waals surface area contributed by atoms with E-state index >= 15 is 0 Å². The summed E-state index contributed by atoms with van der Waals surface area (Å²) >= 11 is 5.60. The van der Waals surface area contributed by atoms with Crippen LogP contribution in [0.4, 0.5) is 11.5 Å². The summed E-state index contributed by atoms with van der Waals surface area (Å²) in [5, 5.41) is 30.1. The highest BCUT2D eigenvalue weighted by Crippen LogP contribution is 2.36. The van der Waals surface area contributed by atoms with Crippen molar-refractivity contribution in [2.45, 2.75) is 13.5 Å². The van der Waals surface area contributed by atoms with Gasteiger partial charge in [0.1, 0.15) is 0 Å². The topological polar surface area (TPSA) is 122 Å². The first kappa shape index (κ1) is 15.8. The molecule has 0 aliphatic rings. The van der Waals surface area contributed by atoms with Gasteiger partial charge in [-0.3, -0.25) is 9.36 Å². The number of hydrogen-bond acceptors (Lipinski definition) is 8. The fourth-order valence-electron chi connectivity index (χ4n) is 1.67. The van der Waals surface area contributed by atoms with Crippen LogP contribution < -0.4 is 10.3 Å². The fraction of sp³-hybridized carbons (Fsp3) is 0.333. The second-order valence-electron chi connectivity index (χ2n) is 4.02. The van der Waals surface area contributed by atoms with Gasteiger partial charge >= 0.3 is 5.95 Å². The molecule has 0 spiro atoms. The van der Waals surface area contributed by atoms with Crippen molar-refractivity contribution in [3.05, 3.63) is 22.5 Å². The molecule has 0 saturated heterocycles. The largest absolute Gasteiger partial charge is 0.493 e. The Hall–Kier alpha value is -2.55. The lowest BCUT2D eigenvalue weighted by molar-refractivity contribution is 0.278. The van der Waals surface area contributed by atoms with E-state index in [0.29, 0.717) is 0 Å². The van der Waals surface area contributed by atoms with Gasteiger partial charge in [-0.05, 0) is 6.92 Å². The summed E-state index contributed by atoms with van der Waals surface area (Å²) in [4.78, 5) is 11.9. The van der Waals surface area contributed by atoms with Crippen LogP contribution in [-0.4, -0.2) is 32.4 Å². The molecule has 2 aromatic heterocycles. The van der Waals surface area contributed by atoms with E-state index in [1.807, 2.05) is 0 Å². The molecule has 0 unspecified atom stereocenters. The molecule has 10 heteroatoms. The molecular weight excluding hydrogens is 316 g/mol. The van der Waals surface area contributed by atoms with E-state index in [4.69, 9.17) is 21.4 Å². The molecular formula is C12H13ClN4O5. The maximum atomic E-state index is 11.9. The number of ether oxygens (including phenoxy) is 1. The van der Waals surface area contributed by atoms with Crippen LogP contribution in [0.3, 0.4) is 0 Å². The Labute approximate surface area is 129 Å². The lowest BCUT2D eigenvalue weighted by Gasteiger charge is -2.12. The van der Waals surface area contributed by atoms with E-state index in [-0.39, 0.29) is 36.3 Å². The Bertz CT molecular complexity index is 740. The first-order chi connectivity index (χ1) is 10.6. The lowest BCUT2D eigenvalue weighted by Crippen LogP contribution is -2.20. The van der Waals surface area contributed by atoms with Crippen LogP contribution in [-0.2, 0) is 6.54 Å². The summed E-state index contributed by atoms with van der Waals surface area (Å²) in [6.45, 7) is 2.09. The molecule has 0 amide bonds. The van der Waals surface area contributed by atoms with Gasteiger partial charge in [-0.2, -0.15) is 0 Å². The summed E-state index contributed by atoms with van der Waals surface area (Å²) in [7, 11) is 0. The van der Waals surface area contributed by atoms with E-state index in [1.165, 1.54) is 6.07 Å². The van der Waals surface area contributed by atoms with Crippen molar-refractivity contribution < 1.29 is 19.5 Å². The minimum atomic E-state index is -0.473. The molecule has 0 saturated carbocycles. The predicted octanol–water partition coefficient (Wildman–Crippen LogP) is 2.30. The quantitative estimate of drug-likeness (QED) is 0.619. The van der Waals surface area contributed by atoms with E-state index in [9.17, 15) is 9.90 Å². The van der Waals surface area contributed by atoms with Gasteiger partial charge in [0, 0.05) is 18.5 Å². The SMILES string of the molecule is CCOc1cc(=O)n(CCCl)c(O)c1N=Nc1cc(O)on1. The molecule has 118 valence electrons. The number of halogens is 1. The van der Waals surface area contributed by atoms with Crippen LogP contribution in [0, 0.1) is 0 Å². The number of pyridine rings is 1. The molecule has 0 radical (unpaired) electrons. The molecule has 0 atom stereocenters. The number of alkyl halides is 1. The van der Waals surface area contributed by atoms with Crippen molar-refractivity contribution in [1.82, 2.24) is 9.72 Å². The monoisotopic (exact) mass is 328 g/mol. The number of aromatic nitrogens is 2. The van der Waals surface area contributed by atoms with Crippen molar-refractivity contribution in [2.75, 3.05) is 12.5 Å². The van der Waals surface area contributed by atoms with Crippen LogP contribution in [0.25, 0.3) is 0 Å². The van der Waals surface area contributed by atoms with E-state index < -0.39 is 17.4 Å². The van der Waals surface area contributed by atoms with Gasteiger partial charge in [0.2, 0.25) is 11.7 Å². The highest BCUT2D eigenvalue weighted by Gasteiger charge is 2.16. The predicted molar refractivity (Wildman–Crippen MR) is 76.6 cm³/mol. The van der Waals surface area contributed by atoms with Gasteiger partial charge in [-0.25, -0.2) is 0 Å².